The molecule has 1 heterocycles. The Balaban J connectivity index is 1.50. The van der Waals surface area contributed by atoms with E-state index in [9.17, 15) is 14.0 Å². The first-order chi connectivity index (χ1) is 15.9. The van der Waals surface area contributed by atoms with Crippen LogP contribution in [-0.4, -0.2) is 32.0 Å². The number of fused-ring (bicyclic) bond motifs is 1. The van der Waals surface area contributed by atoms with Gasteiger partial charge in [0, 0.05) is 23.5 Å². The summed E-state index contributed by atoms with van der Waals surface area (Å²) in [5, 5.41) is 5.88. The molecule has 33 heavy (non-hydrogen) atoms. The molecule has 2 N–H and O–H groups in total. The number of hydrogen-bond acceptors (Lipinski definition) is 4. The number of anilines is 3. The summed E-state index contributed by atoms with van der Waals surface area (Å²) in [6.45, 7) is 2.87. The maximum Gasteiger partial charge on any atom is 0.255 e. The summed E-state index contributed by atoms with van der Waals surface area (Å²) in [6, 6.07) is 16.7. The van der Waals surface area contributed by atoms with Gasteiger partial charge in [0.25, 0.3) is 5.91 Å². The van der Waals surface area contributed by atoms with Crippen molar-refractivity contribution in [3.63, 3.8) is 0 Å². The predicted octanol–water partition coefficient (Wildman–Crippen LogP) is 4.79. The Morgan fingerprint density at radius 2 is 1.82 bits per heavy atom. The summed E-state index contributed by atoms with van der Waals surface area (Å²) in [7, 11) is 1.57. The summed E-state index contributed by atoms with van der Waals surface area (Å²) in [6.07, 6.45) is 1.65. The summed E-state index contributed by atoms with van der Waals surface area (Å²) in [5.41, 5.74) is 4.65. The number of amides is 2. The number of ether oxygens (including phenoxy) is 1. The number of hydrogen-bond donors (Lipinski definition) is 2. The second-order valence-corrected chi connectivity index (χ2v) is 8.04. The second-order valence-electron chi connectivity index (χ2n) is 8.04. The third-order valence-corrected chi connectivity index (χ3v) is 5.66. The van der Waals surface area contributed by atoms with E-state index in [1.54, 1.807) is 7.11 Å². The molecular formula is C26H26FN3O3. The Labute approximate surface area is 192 Å². The van der Waals surface area contributed by atoms with Crippen LogP contribution in [0.4, 0.5) is 21.5 Å². The highest BCUT2D eigenvalue weighted by Gasteiger charge is 2.22. The lowest BCUT2D eigenvalue weighted by molar-refractivity contribution is -0.115. The Morgan fingerprint density at radius 3 is 2.58 bits per heavy atom. The van der Waals surface area contributed by atoms with Crippen LogP contribution in [0.3, 0.4) is 0 Å². The van der Waals surface area contributed by atoms with Crippen LogP contribution in [0.2, 0.25) is 0 Å². The van der Waals surface area contributed by atoms with Gasteiger partial charge in [-0.15, -0.1) is 0 Å². The first-order valence-electron chi connectivity index (χ1n) is 10.8. The Kier molecular flexibility index (Phi) is 6.58. The molecule has 2 amide bonds. The Hall–Kier alpha value is -3.87. The van der Waals surface area contributed by atoms with Crippen molar-refractivity contribution in [2.75, 3.05) is 35.7 Å². The molecule has 0 saturated heterocycles. The molecule has 1 aliphatic rings. The van der Waals surface area contributed by atoms with Crippen LogP contribution >= 0.6 is 0 Å². The maximum absolute atomic E-state index is 13.2. The van der Waals surface area contributed by atoms with Crippen molar-refractivity contribution in [3.05, 3.63) is 83.2 Å². The summed E-state index contributed by atoms with van der Waals surface area (Å²) in [5.74, 6) is -0.225. The minimum atomic E-state index is -0.388. The molecule has 3 aromatic rings. The lowest BCUT2D eigenvalue weighted by atomic mass is 9.99. The molecule has 0 bridgehead atoms. The predicted molar refractivity (Wildman–Crippen MR) is 128 cm³/mol. The van der Waals surface area contributed by atoms with Gasteiger partial charge >= 0.3 is 0 Å². The highest BCUT2D eigenvalue weighted by Crippen LogP contribution is 2.33. The molecule has 0 radical (unpaired) electrons. The molecule has 3 aromatic carbocycles. The normalized spacial score (nSPS) is 12.6. The van der Waals surface area contributed by atoms with E-state index in [1.807, 2.05) is 48.2 Å². The van der Waals surface area contributed by atoms with Crippen LogP contribution in [0.5, 0.6) is 5.75 Å². The zero-order valence-electron chi connectivity index (χ0n) is 18.7. The highest BCUT2D eigenvalue weighted by atomic mass is 19.1. The third kappa shape index (κ3) is 5.14. The number of halogens is 1. The van der Waals surface area contributed by atoms with E-state index >= 15 is 0 Å². The molecule has 0 saturated carbocycles. The number of nitrogens with zero attached hydrogens (tertiary/aromatic N) is 1. The second kappa shape index (κ2) is 9.73. The van der Waals surface area contributed by atoms with E-state index in [-0.39, 0.29) is 24.2 Å². The van der Waals surface area contributed by atoms with E-state index in [0.717, 1.165) is 36.2 Å². The topological polar surface area (TPSA) is 70.7 Å². The van der Waals surface area contributed by atoms with Crippen LogP contribution in [0, 0.1) is 12.7 Å². The third-order valence-electron chi connectivity index (χ3n) is 5.66. The smallest absolute Gasteiger partial charge is 0.255 e. The molecule has 0 atom stereocenters. The fraction of sp³-hybridized carbons (Fsp3) is 0.231. The molecule has 0 aromatic heterocycles. The fourth-order valence-corrected chi connectivity index (χ4v) is 4.06. The first-order valence-corrected chi connectivity index (χ1v) is 10.8. The van der Waals surface area contributed by atoms with Gasteiger partial charge in [-0.25, -0.2) is 4.39 Å². The molecule has 4 rings (SSSR count). The summed E-state index contributed by atoms with van der Waals surface area (Å²) >= 11 is 0. The number of rotatable bonds is 6. The lowest BCUT2D eigenvalue weighted by Gasteiger charge is -2.32. The Bertz CT molecular complexity index is 1180. The number of aryl methyl sites for hydroxylation is 1. The van der Waals surface area contributed by atoms with Crippen LogP contribution < -0.4 is 20.3 Å². The van der Waals surface area contributed by atoms with Gasteiger partial charge in [0.15, 0.2) is 0 Å². The minimum Gasteiger partial charge on any atom is -0.495 e. The molecule has 1 aliphatic heterocycles. The van der Waals surface area contributed by atoms with E-state index in [0.29, 0.717) is 22.7 Å². The minimum absolute atomic E-state index is 0.146. The Morgan fingerprint density at radius 1 is 1.03 bits per heavy atom. The monoisotopic (exact) mass is 447 g/mol. The van der Waals surface area contributed by atoms with Crippen molar-refractivity contribution < 1.29 is 18.7 Å². The molecule has 0 unspecified atom stereocenters. The van der Waals surface area contributed by atoms with Gasteiger partial charge in [-0.3, -0.25) is 9.59 Å². The lowest BCUT2D eigenvalue weighted by Crippen LogP contribution is -2.37. The van der Waals surface area contributed by atoms with Gasteiger partial charge in [0.05, 0.1) is 19.3 Å². The number of benzene rings is 3. The van der Waals surface area contributed by atoms with Crippen molar-refractivity contribution in [2.24, 2.45) is 0 Å². The standard InChI is InChI=1S/C26H26FN3O3/c1-17-8-13-24(33-2)22(15-17)28-25(31)16-30-14-4-5-20-21(6-3-7-23(20)30)29-26(32)18-9-11-19(27)12-10-18/h3,6-13,15H,4-5,14,16H2,1-2H3,(H,28,31)(H,29,32). The average molecular weight is 448 g/mol. The van der Waals surface area contributed by atoms with Gasteiger partial charge in [-0.1, -0.05) is 12.1 Å². The van der Waals surface area contributed by atoms with Crippen LogP contribution in [0.25, 0.3) is 0 Å². The van der Waals surface area contributed by atoms with Crippen molar-refractivity contribution in [3.8, 4) is 5.75 Å². The van der Waals surface area contributed by atoms with Crippen LogP contribution in [-0.2, 0) is 11.2 Å². The van der Waals surface area contributed by atoms with Crippen molar-refractivity contribution >= 4 is 28.9 Å². The van der Waals surface area contributed by atoms with E-state index in [1.165, 1.54) is 24.3 Å². The van der Waals surface area contributed by atoms with Crippen molar-refractivity contribution in [1.29, 1.82) is 0 Å². The van der Waals surface area contributed by atoms with Gasteiger partial charge in [-0.05, 0) is 79.4 Å². The van der Waals surface area contributed by atoms with Crippen LogP contribution in [0.1, 0.15) is 27.9 Å². The zero-order valence-corrected chi connectivity index (χ0v) is 18.7. The maximum atomic E-state index is 13.2. The van der Waals surface area contributed by atoms with Crippen LogP contribution in [0.15, 0.2) is 60.7 Å². The number of carbonyl (C=O) groups is 2. The molecule has 6 nitrogen and oxygen atoms in total. The quantitative estimate of drug-likeness (QED) is 0.570. The van der Waals surface area contributed by atoms with E-state index in [2.05, 4.69) is 10.6 Å². The van der Waals surface area contributed by atoms with Gasteiger partial charge in [0.2, 0.25) is 5.91 Å². The molecule has 0 aliphatic carbocycles. The summed E-state index contributed by atoms with van der Waals surface area (Å²) < 4.78 is 18.5. The van der Waals surface area contributed by atoms with Gasteiger partial charge in [-0.2, -0.15) is 0 Å². The SMILES string of the molecule is COc1ccc(C)cc1NC(=O)CN1CCCc2c(NC(=O)c3ccc(F)cc3)cccc21. The fourth-order valence-electron chi connectivity index (χ4n) is 4.06. The number of carbonyl (C=O) groups excluding carboxylic acids is 2. The molecule has 170 valence electrons. The average Bonchev–Trinajstić information content (AvgIpc) is 2.80. The highest BCUT2D eigenvalue weighted by molar-refractivity contribution is 6.05. The largest absolute Gasteiger partial charge is 0.495 e. The zero-order chi connectivity index (χ0) is 23.4. The first kappa shape index (κ1) is 22.3. The van der Waals surface area contributed by atoms with E-state index in [4.69, 9.17) is 4.74 Å². The van der Waals surface area contributed by atoms with E-state index < -0.39 is 0 Å². The summed E-state index contributed by atoms with van der Waals surface area (Å²) in [4.78, 5) is 27.5. The van der Waals surface area contributed by atoms with Gasteiger partial charge in [0.1, 0.15) is 11.6 Å². The number of methoxy groups -OCH3 is 1. The van der Waals surface area contributed by atoms with Gasteiger partial charge < -0.3 is 20.3 Å². The number of nitrogens with one attached hydrogen (secondary N) is 2. The molecule has 0 fully saturated rings. The molecular weight excluding hydrogens is 421 g/mol. The van der Waals surface area contributed by atoms with Crippen molar-refractivity contribution in [2.45, 2.75) is 19.8 Å². The molecule has 0 spiro atoms. The molecule has 7 heteroatoms. The van der Waals surface area contributed by atoms with Crippen molar-refractivity contribution in [1.82, 2.24) is 0 Å².